The smallest absolute Gasteiger partial charge is 0.299 e. The number of ketones is 1. The second-order valence-corrected chi connectivity index (χ2v) is 8.89. The van der Waals surface area contributed by atoms with E-state index in [4.69, 9.17) is 4.74 Å². The molecule has 4 heteroatoms. The number of rotatable bonds is 7. The average Bonchev–Trinajstić information content (AvgIpc) is 2.90. The standard InChI is InChI=1S/C31H29NO3/c1-4-12-27-20-31(3,23(2)21-32(27)30(34)29(33)25-15-9-6-10-16-25)26-17-11-18-28(19-26)35-22-24-13-7-5-8-14-24/h4-19H,1-2,20-22H2,3H3/b27-12+/t31-/m1/s1. The summed E-state index contributed by atoms with van der Waals surface area (Å²) in [5.41, 5.74) is 3.67. The van der Waals surface area contributed by atoms with Crippen molar-refractivity contribution in [2.45, 2.75) is 25.4 Å². The summed E-state index contributed by atoms with van der Waals surface area (Å²) in [7, 11) is 0. The summed E-state index contributed by atoms with van der Waals surface area (Å²) in [4.78, 5) is 27.6. The molecule has 0 spiro atoms. The second-order valence-electron chi connectivity index (χ2n) is 8.89. The SMILES string of the molecule is C=C/C=C1\C[C@@](C)(c2cccc(OCc3ccccc3)c2)C(=C)CN1C(=O)C(=O)c1ccccc1. The molecule has 3 aromatic rings. The van der Waals surface area contributed by atoms with Gasteiger partial charge in [0.2, 0.25) is 0 Å². The number of benzene rings is 3. The van der Waals surface area contributed by atoms with Crippen molar-refractivity contribution >= 4 is 11.7 Å². The molecule has 176 valence electrons. The highest BCUT2D eigenvalue weighted by atomic mass is 16.5. The zero-order valence-corrected chi connectivity index (χ0v) is 19.9. The van der Waals surface area contributed by atoms with Crippen molar-refractivity contribution in [3.8, 4) is 5.75 Å². The molecule has 1 aliphatic heterocycles. The topological polar surface area (TPSA) is 46.6 Å². The molecule has 0 bridgehead atoms. The largest absolute Gasteiger partial charge is 0.489 e. The van der Waals surface area contributed by atoms with Crippen LogP contribution in [0.15, 0.2) is 122 Å². The molecule has 3 aromatic carbocycles. The minimum absolute atomic E-state index is 0.253. The van der Waals surface area contributed by atoms with E-state index in [0.29, 0.717) is 18.6 Å². The lowest BCUT2D eigenvalue weighted by molar-refractivity contribution is -0.125. The van der Waals surface area contributed by atoms with E-state index in [-0.39, 0.29) is 6.54 Å². The predicted molar refractivity (Wildman–Crippen MR) is 139 cm³/mol. The highest BCUT2D eigenvalue weighted by Crippen LogP contribution is 2.43. The first-order valence-corrected chi connectivity index (χ1v) is 11.6. The van der Waals surface area contributed by atoms with Gasteiger partial charge < -0.3 is 9.64 Å². The molecule has 1 heterocycles. The Morgan fingerprint density at radius 1 is 1.00 bits per heavy atom. The lowest BCUT2D eigenvalue weighted by atomic mass is 9.70. The van der Waals surface area contributed by atoms with Crippen LogP contribution in [0.5, 0.6) is 5.75 Å². The Hall–Kier alpha value is -4.18. The van der Waals surface area contributed by atoms with Gasteiger partial charge in [-0.25, -0.2) is 0 Å². The van der Waals surface area contributed by atoms with Gasteiger partial charge in [0.05, 0.1) is 0 Å². The van der Waals surface area contributed by atoms with E-state index < -0.39 is 17.1 Å². The average molecular weight is 464 g/mol. The van der Waals surface area contributed by atoms with Crippen LogP contribution in [0.1, 0.15) is 34.8 Å². The number of Topliss-reactive ketones (excluding diaryl/α,β-unsaturated/α-hetero) is 1. The van der Waals surface area contributed by atoms with Crippen molar-refractivity contribution in [1.29, 1.82) is 0 Å². The lowest BCUT2D eigenvalue weighted by Crippen LogP contribution is -2.46. The molecule has 35 heavy (non-hydrogen) atoms. The van der Waals surface area contributed by atoms with Crippen molar-refractivity contribution in [1.82, 2.24) is 4.90 Å². The van der Waals surface area contributed by atoms with Crippen molar-refractivity contribution in [3.63, 3.8) is 0 Å². The maximum absolute atomic E-state index is 13.2. The summed E-state index contributed by atoms with van der Waals surface area (Å²) in [6.07, 6.45) is 3.96. The number of hydrogen-bond donors (Lipinski definition) is 0. The Kier molecular flexibility index (Phi) is 7.11. The normalized spacial score (nSPS) is 18.8. The lowest BCUT2D eigenvalue weighted by Gasteiger charge is -2.43. The van der Waals surface area contributed by atoms with Crippen LogP contribution in [0.2, 0.25) is 0 Å². The Balaban J connectivity index is 1.57. The first-order valence-electron chi connectivity index (χ1n) is 11.6. The van der Waals surface area contributed by atoms with Crippen LogP contribution < -0.4 is 4.74 Å². The quantitative estimate of drug-likeness (QED) is 0.236. The van der Waals surface area contributed by atoms with Crippen LogP contribution in [0, 0.1) is 0 Å². The first kappa shape index (κ1) is 24.0. The molecule has 0 unspecified atom stereocenters. The van der Waals surface area contributed by atoms with Gasteiger partial charge in [0.25, 0.3) is 11.7 Å². The molecule has 4 nitrogen and oxygen atoms in total. The number of ether oxygens (including phenoxy) is 1. The van der Waals surface area contributed by atoms with E-state index in [0.717, 1.165) is 28.1 Å². The molecule has 1 aliphatic rings. The van der Waals surface area contributed by atoms with Gasteiger partial charge in [-0.2, -0.15) is 0 Å². The van der Waals surface area contributed by atoms with Gasteiger partial charge in [-0.3, -0.25) is 9.59 Å². The summed E-state index contributed by atoms with van der Waals surface area (Å²) in [5.74, 6) is -0.326. The predicted octanol–water partition coefficient (Wildman–Crippen LogP) is 6.26. The molecule has 0 aliphatic carbocycles. The van der Waals surface area contributed by atoms with Crippen LogP contribution in [-0.4, -0.2) is 23.1 Å². The number of piperidine rings is 1. The summed E-state index contributed by atoms with van der Waals surface area (Å²) < 4.78 is 6.05. The fourth-order valence-corrected chi connectivity index (χ4v) is 4.35. The zero-order valence-electron chi connectivity index (χ0n) is 19.9. The van der Waals surface area contributed by atoms with Gasteiger partial charge in [0.15, 0.2) is 0 Å². The minimum atomic E-state index is -0.563. The summed E-state index contributed by atoms with van der Waals surface area (Å²) in [6, 6.07) is 26.7. The Labute approximate surface area is 206 Å². The Morgan fingerprint density at radius 3 is 2.37 bits per heavy atom. The van der Waals surface area contributed by atoms with Crippen LogP contribution in [0.3, 0.4) is 0 Å². The fourth-order valence-electron chi connectivity index (χ4n) is 4.35. The molecule has 0 saturated carbocycles. The number of hydrogen-bond acceptors (Lipinski definition) is 3. The summed E-state index contributed by atoms with van der Waals surface area (Å²) in [5, 5.41) is 0. The number of carbonyl (C=O) groups is 2. The highest BCUT2D eigenvalue weighted by Gasteiger charge is 2.40. The van der Waals surface area contributed by atoms with Crippen molar-refractivity contribution in [2.75, 3.05) is 6.54 Å². The molecule has 0 aromatic heterocycles. The van der Waals surface area contributed by atoms with Crippen LogP contribution in [-0.2, 0) is 16.8 Å². The molecule has 0 N–H and O–H groups in total. The van der Waals surface area contributed by atoms with E-state index >= 15 is 0 Å². The fraction of sp³-hybridized carbons (Fsp3) is 0.161. The molecular weight excluding hydrogens is 434 g/mol. The zero-order chi connectivity index (χ0) is 24.8. The van der Waals surface area contributed by atoms with Crippen molar-refractivity contribution in [2.24, 2.45) is 0 Å². The second kappa shape index (κ2) is 10.4. The maximum atomic E-state index is 13.2. The Bertz CT molecular complexity index is 1280. The summed E-state index contributed by atoms with van der Waals surface area (Å²) in [6.45, 7) is 11.0. The number of amides is 1. The van der Waals surface area contributed by atoms with E-state index in [2.05, 4.69) is 26.1 Å². The number of nitrogens with zero attached hydrogens (tertiary/aromatic N) is 1. The van der Waals surface area contributed by atoms with Crippen LogP contribution in [0.25, 0.3) is 0 Å². The van der Waals surface area contributed by atoms with Crippen LogP contribution in [0.4, 0.5) is 0 Å². The molecule has 1 fully saturated rings. The number of carbonyl (C=O) groups excluding carboxylic acids is 2. The molecule has 1 amide bonds. The number of allylic oxidation sites excluding steroid dienone is 3. The molecule has 1 saturated heterocycles. The molecule has 1 atom stereocenters. The first-order chi connectivity index (χ1) is 16.9. The van der Waals surface area contributed by atoms with E-state index in [1.54, 1.807) is 36.4 Å². The van der Waals surface area contributed by atoms with Crippen molar-refractivity contribution < 1.29 is 14.3 Å². The monoisotopic (exact) mass is 463 g/mol. The highest BCUT2D eigenvalue weighted by molar-refractivity contribution is 6.43. The minimum Gasteiger partial charge on any atom is -0.489 e. The Morgan fingerprint density at radius 2 is 1.69 bits per heavy atom. The van der Waals surface area contributed by atoms with Gasteiger partial charge >= 0.3 is 0 Å². The third-order valence-corrected chi connectivity index (χ3v) is 6.52. The summed E-state index contributed by atoms with van der Waals surface area (Å²) >= 11 is 0. The van der Waals surface area contributed by atoms with Crippen LogP contribution >= 0.6 is 0 Å². The van der Waals surface area contributed by atoms with Gasteiger partial charge in [0, 0.05) is 29.6 Å². The van der Waals surface area contributed by atoms with Gasteiger partial charge in [-0.1, -0.05) is 99.0 Å². The van der Waals surface area contributed by atoms with Gasteiger partial charge in [-0.15, -0.1) is 0 Å². The third kappa shape index (κ3) is 5.17. The van der Waals surface area contributed by atoms with E-state index in [1.165, 1.54) is 4.90 Å². The molecular formula is C31H29NO3. The van der Waals surface area contributed by atoms with Gasteiger partial charge in [-0.05, 0) is 34.9 Å². The molecule has 4 rings (SSSR count). The van der Waals surface area contributed by atoms with E-state index in [1.807, 2.05) is 54.6 Å². The third-order valence-electron chi connectivity index (χ3n) is 6.52. The van der Waals surface area contributed by atoms with Gasteiger partial charge in [0.1, 0.15) is 12.4 Å². The molecule has 0 radical (unpaired) electrons. The number of likely N-dealkylation sites (tertiary alicyclic amines) is 1. The maximum Gasteiger partial charge on any atom is 0.299 e. The van der Waals surface area contributed by atoms with E-state index in [9.17, 15) is 9.59 Å². The van der Waals surface area contributed by atoms with Crippen molar-refractivity contribution in [3.05, 3.63) is 138 Å².